The van der Waals surface area contributed by atoms with Gasteiger partial charge in [-0.2, -0.15) is 0 Å². The summed E-state index contributed by atoms with van der Waals surface area (Å²) in [6, 6.07) is 1.54. The van der Waals surface area contributed by atoms with Crippen LogP contribution in [0, 0.1) is 0 Å². The highest BCUT2D eigenvalue weighted by Crippen LogP contribution is 2.20. The zero-order valence-corrected chi connectivity index (χ0v) is 9.33. The largest absolute Gasteiger partial charge is 0.380 e. The number of nitrogens with zero attached hydrogens (tertiary/aromatic N) is 1. The zero-order valence-electron chi connectivity index (χ0n) is 9.33. The van der Waals surface area contributed by atoms with E-state index in [1.165, 1.54) is 32.4 Å². The molecule has 2 rings (SSSR count). The van der Waals surface area contributed by atoms with Crippen molar-refractivity contribution in [1.82, 2.24) is 10.2 Å². The maximum atomic E-state index is 5.31. The molecule has 0 radical (unpaired) electrons. The number of rotatable bonds is 3. The number of likely N-dealkylation sites (tertiary alicyclic amines) is 1. The maximum absolute atomic E-state index is 5.31. The first kappa shape index (κ1) is 10.4. The van der Waals surface area contributed by atoms with Crippen molar-refractivity contribution < 1.29 is 4.74 Å². The van der Waals surface area contributed by atoms with Crippen molar-refractivity contribution in [3.63, 3.8) is 0 Å². The molecule has 2 bridgehead atoms. The van der Waals surface area contributed by atoms with Crippen molar-refractivity contribution in [2.24, 2.45) is 0 Å². The molecule has 2 saturated heterocycles. The predicted octanol–water partition coefficient (Wildman–Crippen LogP) is 0.848. The molecule has 2 aliphatic heterocycles. The molecule has 82 valence electrons. The van der Waals surface area contributed by atoms with Crippen molar-refractivity contribution in [3.05, 3.63) is 0 Å². The minimum absolute atomic E-state index is 0.367. The Hall–Kier alpha value is -0.120. The summed E-state index contributed by atoms with van der Waals surface area (Å²) >= 11 is 0. The van der Waals surface area contributed by atoms with Crippen LogP contribution in [0.15, 0.2) is 0 Å². The van der Waals surface area contributed by atoms with Crippen LogP contribution < -0.4 is 5.32 Å². The van der Waals surface area contributed by atoms with E-state index in [1.54, 1.807) is 7.11 Å². The van der Waals surface area contributed by atoms with Gasteiger partial charge in [-0.15, -0.1) is 0 Å². The Morgan fingerprint density at radius 3 is 2.93 bits per heavy atom. The lowest BCUT2D eigenvalue weighted by Gasteiger charge is -2.26. The van der Waals surface area contributed by atoms with Gasteiger partial charge in [0.05, 0.1) is 6.10 Å². The van der Waals surface area contributed by atoms with Crippen LogP contribution in [0.2, 0.25) is 0 Å². The van der Waals surface area contributed by atoms with E-state index >= 15 is 0 Å². The molecule has 2 aliphatic rings. The lowest BCUT2D eigenvalue weighted by atomic mass is 10.1. The highest BCUT2D eigenvalue weighted by molar-refractivity contribution is 4.89. The second-order valence-corrected chi connectivity index (χ2v) is 4.73. The fraction of sp³-hybridized carbons (Fsp3) is 1.00. The third-order valence-corrected chi connectivity index (χ3v) is 3.53. The van der Waals surface area contributed by atoms with Crippen molar-refractivity contribution in [3.8, 4) is 0 Å². The van der Waals surface area contributed by atoms with Crippen LogP contribution in [0.4, 0.5) is 0 Å². The quantitative estimate of drug-likeness (QED) is 0.727. The molecule has 3 unspecified atom stereocenters. The first-order valence-electron chi connectivity index (χ1n) is 5.79. The predicted molar refractivity (Wildman–Crippen MR) is 57.5 cm³/mol. The van der Waals surface area contributed by atoms with Crippen molar-refractivity contribution in [2.75, 3.05) is 26.7 Å². The topological polar surface area (TPSA) is 24.5 Å². The molecule has 14 heavy (non-hydrogen) atoms. The summed E-state index contributed by atoms with van der Waals surface area (Å²) in [6.07, 6.45) is 4.43. The molecule has 0 aromatic rings. The van der Waals surface area contributed by atoms with Crippen LogP contribution in [0.5, 0.6) is 0 Å². The van der Waals surface area contributed by atoms with E-state index in [2.05, 4.69) is 17.1 Å². The molecule has 0 spiro atoms. The van der Waals surface area contributed by atoms with Gasteiger partial charge >= 0.3 is 0 Å². The third-order valence-electron chi connectivity index (χ3n) is 3.53. The SMILES string of the molecule is COC(C)CN1CCC2CCC(C1)N2. The van der Waals surface area contributed by atoms with Gasteiger partial charge in [-0.05, 0) is 32.7 Å². The van der Waals surface area contributed by atoms with Crippen LogP contribution >= 0.6 is 0 Å². The van der Waals surface area contributed by atoms with Crippen molar-refractivity contribution >= 4 is 0 Å². The van der Waals surface area contributed by atoms with Gasteiger partial charge in [0.1, 0.15) is 0 Å². The molecular weight excluding hydrogens is 176 g/mol. The average molecular weight is 198 g/mol. The molecular formula is C11H22N2O. The van der Waals surface area contributed by atoms with E-state index in [9.17, 15) is 0 Å². The minimum atomic E-state index is 0.367. The van der Waals surface area contributed by atoms with Gasteiger partial charge in [0.25, 0.3) is 0 Å². The molecule has 0 aromatic heterocycles. The van der Waals surface area contributed by atoms with Crippen molar-refractivity contribution in [2.45, 2.75) is 44.4 Å². The maximum Gasteiger partial charge on any atom is 0.0670 e. The second-order valence-electron chi connectivity index (χ2n) is 4.73. The average Bonchev–Trinajstić information content (AvgIpc) is 2.50. The first-order chi connectivity index (χ1) is 6.78. The van der Waals surface area contributed by atoms with Crippen LogP contribution in [0.1, 0.15) is 26.2 Å². The molecule has 2 fully saturated rings. The van der Waals surface area contributed by atoms with Gasteiger partial charge in [0.2, 0.25) is 0 Å². The molecule has 2 heterocycles. The third kappa shape index (κ3) is 2.47. The lowest BCUT2D eigenvalue weighted by Crippen LogP contribution is -2.39. The van der Waals surface area contributed by atoms with E-state index in [1.807, 2.05) is 0 Å². The van der Waals surface area contributed by atoms with E-state index in [4.69, 9.17) is 4.74 Å². The van der Waals surface area contributed by atoms with Crippen LogP contribution in [-0.4, -0.2) is 49.8 Å². The van der Waals surface area contributed by atoms with Crippen LogP contribution in [-0.2, 0) is 4.74 Å². The number of hydrogen-bond acceptors (Lipinski definition) is 3. The minimum Gasteiger partial charge on any atom is -0.380 e. The summed E-state index contributed by atoms with van der Waals surface area (Å²) in [5.74, 6) is 0. The molecule has 3 heteroatoms. The Labute approximate surface area is 86.8 Å². The fourth-order valence-electron chi connectivity index (χ4n) is 2.62. The molecule has 0 saturated carbocycles. The first-order valence-corrected chi connectivity index (χ1v) is 5.79. The van der Waals surface area contributed by atoms with Gasteiger partial charge in [0, 0.05) is 32.3 Å². The monoisotopic (exact) mass is 198 g/mol. The zero-order chi connectivity index (χ0) is 9.97. The molecule has 1 N–H and O–H groups in total. The fourth-order valence-corrected chi connectivity index (χ4v) is 2.62. The molecule has 0 aromatic carbocycles. The van der Waals surface area contributed by atoms with Crippen LogP contribution in [0.25, 0.3) is 0 Å². The Bertz CT molecular complexity index is 186. The smallest absolute Gasteiger partial charge is 0.0670 e. The number of methoxy groups -OCH3 is 1. The Kier molecular flexibility index (Phi) is 3.42. The van der Waals surface area contributed by atoms with Gasteiger partial charge in [0.15, 0.2) is 0 Å². The molecule has 3 nitrogen and oxygen atoms in total. The summed E-state index contributed by atoms with van der Waals surface area (Å²) < 4.78 is 5.31. The van der Waals surface area contributed by atoms with Gasteiger partial charge in [-0.1, -0.05) is 0 Å². The summed E-state index contributed by atoms with van der Waals surface area (Å²) in [5.41, 5.74) is 0. The number of nitrogens with one attached hydrogen (secondary N) is 1. The summed E-state index contributed by atoms with van der Waals surface area (Å²) in [4.78, 5) is 2.55. The summed E-state index contributed by atoms with van der Waals surface area (Å²) in [6.45, 7) is 5.68. The normalized spacial score (nSPS) is 35.6. The lowest BCUT2D eigenvalue weighted by molar-refractivity contribution is 0.0753. The van der Waals surface area contributed by atoms with E-state index in [0.29, 0.717) is 6.10 Å². The summed E-state index contributed by atoms with van der Waals surface area (Å²) in [7, 11) is 1.80. The van der Waals surface area contributed by atoms with Gasteiger partial charge in [-0.25, -0.2) is 0 Å². The molecule has 3 atom stereocenters. The molecule has 0 aliphatic carbocycles. The standard InChI is InChI=1S/C11H22N2O/c1-9(14-2)7-13-6-5-10-3-4-11(8-13)12-10/h9-12H,3-8H2,1-2H3. The Morgan fingerprint density at radius 2 is 2.14 bits per heavy atom. The molecule has 0 amide bonds. The van der Waals surface area contributed by atoms with Gasteiger partial charge in [-0.3, -0.25) is 4.90 Å². The highest BCUT2D eigenvalue weighted by Gasteiger charge is 2.29. The van der Waals surface area contributed by atoms with E-state index in [-0.39, 0.29) is 0 Å². The van der Waals surface area contributed by atoms with Crippen molar-refractivity contribution in [1.29, 1.82) is 0 Å². The number of fused-ring (bicyclic) bond motifs is 2. The van der Waals surface area contributed by atoms with Crippen LogP contribution in [0.3, 0.4) is 0 Å². The number of hydrogen-bond donors (Lipinski definition) is 1. The van der Waals surface area contributed by atoms with E-state index < -0.39 is 0 Å². The summed E-state index contributed by atoms with van der Waals surface area (Å²) in [5, 5.41) is 3.69. The van der Waals surface area contributed by atoms with Gasteiger partial charge < -0.3 is 10.1 Å². The van der Waals surface area contributed by atoms with E-state index in [0.717, 1.165) is 18.6 Å². The second kappa shape index (κ2) is 4.60. The highest BCUT2D eigenvalue weighted by atomic mass is 16.5. The number of ether oxygens (including phenoxy) is 1. The Balaban J connectivity index is 1.82. The Morgan fingerprint density at radius 1 is 1.36 bits per heavy atom.